The van der Waals surface area contributed by atoms with Crippen LogP contribution in [0.4, 0.5) is 5.69 Å². The maximum absolute atomic E-state index is 12.5. The van der Waals surface area contributed by atoms with Gasteiger partial charge in [0.05, 0.1) is 11.4 Å². The number of nitriles is 1. The predicted octanol–water partition coefficient (Wildman–Crippen LogP) is 2.61. The van der Waals surface area contributed by atoms with E-state index in [1.807, 2.05) is 6.07 Å². The van der Waals surface area contributed by atoms with Crippen LogP contribution >= 0.6 is 15.9 Å². The van der Waals surface area contributed by atoms with Crippen molar-refractivity contribution in [3.05, 3.63) is 53.0 Å². The first-order chi connectivity index (χ1) is 12.3. The zero-order chi connectivity index (χ0) is 19.2. The van der Waals surface area contributed by atoms with Gasteiger partial charge < -0.3 is 10.1 Å². The SMILES string of the molecule is CN(CC(=O)Nc1cccc(OCC#N)c1)S(=O)(=O)c1ccc(Br)cc1. The van der Waals surface area contributed by atoms with Crippen LogP contribution in [-0.2, 0) is 14.8 Å². The van der Waals surface area contributed by atoms with Crippen molar-refractivity contribution in [1.29, 1.82) is 5.26 Å². The molecular weight excluding hydrogens is 422 g/mol. The molecule has 0 aromatic heterocycles. The van der Waals surface area contributed by atoms with Crippen LogP contribution in [0.1, 0.15) is 0 Å². The normalized spacial score (nSPS) is 11.0. The van der Waals surface area contributed by atoms with Gasteiger partial charge in [0.2, 0.25) is 15.9 Å². The van der Waals surface area contributed by atoms with Crippen molar-refractivity contribution in [2.45, 2.75) is 4.90 Å². The van der Waals surface area contributed by atoms with E-state index >= 15 is 0 Å². The molecule has 2 rings (SSSR count). The van der Waals surface area contributed by atoms with Crippen LogP contribution in [-0.4, -0.2) is 38.8 Å². The number of rotatable bonds is 7. The molecule has 136 valence electrons. The number of sulfonamides is 1. The molecule has 0 spiro atoms. The fourth-order valence-electron chi connectivity index (χ4n) is 2.05. The van der Waals surface area contributed by atoms with Gasteiger partial charge in [-0.15, -0.1) is 0 Å². The van der Waals surface area contributed by atoms with Gasteiger partial charge in [-0.25, -0.2) is 8.42 Å². The molecule has 9 heteroatoms. The third-order valence-corrected chi connectivity index (χ3v) is 5.66. The Bertz CT molecular complexity index is 924. The fraction of sp³-hybridized carbons (Fsp3) is 0.176. The van der Waals surface area contributed by atoms with Crippen LogP contribution in [0, 0.1) is 11.3 Å². The van der Waals surface area contributed by atoms with Gasteiger partial charge in [0.1, 0.15) is 11.8 Å². The summed E-state index contributed by atoms with van der Waals surface area (Å²) in [5.41, 5.74) is 0.444. The Kier molecular flexibility index (Phi) is 6.74. The van der Waals surface area contributed by atoms with E-state index < -0.39 is 15.9 Å². The highest BCUT2D eigenvalue weighted by molar-refractivity contribution is 9.10. The summed E-state index contributed by atoms with van der Waals surface area (Å²) in [7, 11) is -2.44. The number of halogens is 1. The summed E-state index contributed by atoms with van der Waals surface area (Å²) in [5, 5.41) is 11.1. The Labute approximate surface area is 160 Å². The minimum atomic E-state index is -3.77. The first kappa shape index (κ1) is 19.9. The minimum absolute atomic E-state index is 0.0999. The monoisotopic (exact) mass is 437 g/mol. The van der Waals surface area contributed by atoms with Gasteiger partial charge in [-0.1, -0.05) is 22.0 Å². The van der Waals surface area contributed by atoms with E-state index in [2.05, 4.69) is 21.2 Å². The Morgan fingerprint density at radius 2 is 1.96 bits per heavy atom. The molecule has 7 nitrogen and oxygen atoms in total. The van der Waals surface area contributed by atoms with E-state index in [0.29, 0.717) is 11.4 Å². The van der Waals surface area contributed by atoms with Crippen molar-refractivity contribution < 1.29 is 17.9 Å². The largest absolute Gasteiger partial charge is 0.479 e. The third kappa shape index (κ3) is 5.29. The Hall–Kier alpha value is -2.41. The zero-order valence-corrected chi connectivity index (χ0v) is 16.2. The number of carbonyl (C=O) groups is 1. The molecule has 0 bridgehead atoms. The topological polar surface area (TPSA) is 99.5 Å². The van der Waals surface area contributed by atoms with Crippen LogP contribution in [0.2, 0.25) is 0 Å². The summed E-state index contributed by atoms with van der Waals surface area (Å²) >= 11 is 3.25. The minimum Gasteiger partial charge on any atom is -0.479 e. The molecule has 0 fully saturated rings. The number of carbonyl (C=O) groups excluding carboxylic acids is 1. The van der Waals surface area contributed by atoms with Crippen LogP contribution in [0.5, 0.6) is 5.75 Å². The first-order valence-electron chi connectivity index (χ1n) is 7.44. The predicted molar refractivity (Wildman–Crippen MR) is 100 cm³/mol. The Morgan fingerprint density at radius 1 is 1.27 bits per heavy atom. The van der Waals surface area contributed by atoms with Gasteiger partial charge in [-0.2, -0.15) is 9.57 Å². The van der Waals surface area contributed by atoms with Gasteiger partial charge in [-0.3, -0.25) is 4.79 Å². The molecule has 0 heterocycles. The van der Waals surface area contributed by atoms with Crippen molar-refractivity contribution in [2.75, 3.05) is 25.5 Å². The molecule has 0 aliphatic carbocycles. The molecule has 0 unspecified atom stereocenters. The van der Waals surface area contributed by atoms with E-state index in [9.17, 15) is 13.2 Å². The summed E-state index contributed by atoms with van der Waals surface area (Å²) in [4.78, 5) is 12.3. The number of nitrogens with zero attached hydrogens (tertiary/aromatic N) is 2. The van der Waals surface area contributed by atoms with Crippen LogP contribution in [0.3, 0.4) is 0 Å². The van der Waals surface area contributed by atoms with Gasteiger partial charge in [0, 0.05) is 23.3 Å². The fourth-order valence-corrected chi connectivity index (χ4v) is 3.44. The number of anilines is 1. The number of likely N-dealkylation sites (N-methyl/N-ethyl adjacent to an activating group) is 1. The highest BCUT2D eigenvalue weighted by Gasteiger charge is 2.22. The molecule has 1 N–H and O–H groups in total. The molecule has 26 heavy (non-hydrogen) atoms. The highest BCUT2D eigenvalue weighted by atomic mass is 79.9. The molecule has 2 aromatic rings. The van der Waals surface area contributed by atoms with Crippen molar-refractivity contribution in [2.24, 2.45) is 0 Å². The third-order valence-electron chi connectivity index (χ3n) is 3.31. The molecule has 0 saturated heterocycles. The second-order valence-electron chi connectivity index (χ2n) is 5.24. The van der Waals surface area contributed by atoms with Crippen molar-refractivity contribution in [3.63, 3.8) is 0 Å². The van der Waals surface area contributed by atoms with Gasteiger partial charge in [-0.05, 0) is 36.4 Å². The maximum atomic E-state index is 12.5. The van der Waals surface area contributed by atoms with E-state index in [1.165, 1.54) is 19.2 Å². The molecule has 2 aromatic carbocycles. The highest BCUT2D eigenvalue weighted by Crippen LogP contribution is 2.19. The van der Waals surface area contributed by atoms with E-state index in [1.54, 1.807) is 36.4 Å². The summed E-state index contributed by atoms with van der Waals surface area (Å²) in [6, 6.07) is 14.5. The standard InChI is InChI=1S/C17H16BrN3O4S/c1-21(26(23,24)16-7-5-13(18)6-8-16)12-17(22)20-14-3-2-4-15(11-14)25-10-9-19/h2-8,11H,10,12H2,1H3,(H,20,22). The molecule has 1 amide bonds. The van der Waals surface area contributed by atoms with Crippen molar-refractivity contribution in [3.8, 4) is 11.8 Å². The van der Waals surface area contributed by atoms with E-state index in [-0.39, 0.29) is 18.0 Å². The maximum Gasteiger partial charge on any atom is 0.243 e. The molecule has 0 atom stereocenters. The van der Waals surface area contributed by atoms with Gasteiger partial charge >= 0.3 is 0 Å². The number of hydrogen-bond donors (Lipinski definition) is 1. The summed E-state index contributed by atoms with van der Waals surface area (Å²) < 4.78 is 31.9. The van der Waals surface area contributed by atoms with Crippen molar-refractivity contribution in [1.82, 2.24) is 4.31 Å². The number of ether oxygens (including phenoxy) is 1. The Balaban J connectivity index is 2.03. The Morgan fingerprint density at radius 3 is 2.62 bits per heavy atom. The van der Waals surface area contributed by atoms with Crippen LogP contribution in [0.15, 0.2) is 57.9 Å². The first-order valence-corrected chi connectivity index (χ1v) is 9.68. The molecule has 0 aliphatic rings. The number of benzene rings is 2. The lowest BCUT2D eigenvalue weighted by Gasteiger charge is -2.17. The van der Waals surface area contributed by atoms with Crippen molar-refractivity contribution >= 4 is 37.5 Å². The van der Waals surface area contributed by atoms with Crippen LogP contribution < -0.4 is 10.1 Å². The lowest BCUT2D eigenvalue weighted by molar-refractivity contribution is -0.116. The molecule has 0 aliphatic heterocycles. The second kappa shape index (κ2) is 8.80. The number of nitrogens with one attached hydrogen (secondary N) is 1. The summed E-state index contributed by atoms with van der Waals surface area (Å²) in [6.45, 7) is -0.451. The van der Waals surface area contributed by atoms with E-state index in [4.69, 9.17) is 10.00 Å². The van der Waals surface area contributed by atoms with E-state index in [0.717, 1.165) is 8.78 Å². The number of hydrogen-bond acceptors (Lipinski definition) is 5. The average molecular weight is 438 g/mol. The molecule has 0 radical (unpaired) electrons. The molecular formula is C17H16BrN3O4S. The lowest BCUT2D eigenvalue weighted by atomic mass is 10.3. The van der Waals surface area contributed by atoms with Gasteiger partial charge in [0.25, 0.3) is 0 Å². The number of amides is 1. The molecule has 0 saturated carbocycles. The average Bonchev–Trinajstić information content (AvgIpc) is 2.60. The summed E-state index contributed by atoms with van der Waals surface area (Å²) in [5.74, 6) is -0.0641. The van der Waals surface area contributed by atoms with Crippen LogP contribution in [0.25, 0.3) is 0 Å². The lowest BCUT2D eigenvalue weighted by Crippen LogP contribution is -2.34. The second-order valence-corrected chi connectivity index (χ2v) is 8.20. The zero-order valence-electron chi connectivity index (χ0n) is 13.8. The van der Waals surface area contributed by atoms with Gasteiger partial charge in [0.15, 0.2) is 6.61 Å². The smallest absolute Gasteiger partial charge is 0.243 e. The summed E-state index contributed by atoms with van der Waals surface area (Å²) in [6.07, 6.45) is 0. The quantitative estimate of drug-likeness (QED) is 0.717.